The quantitative estimate of drug-likeness (QED) is 0.187. The van der Waals surface area contributed by atoms with Gasteiger partial charge in [-0.25, -0.2) is 4.79 Å². The summed E-state index contributed by atoms with van der Waals surface area (Å²) in [5.41, 5.74) is 1.86. The third-order valence-corrected chi connectivity index (χ3v) is 8.43. The first-order chi connectivity index (χ1) is 17.2. The molecule has 2 amide bonds. The van der Waals surface area contributed by atoms with Crippen LogP contribution in [0.25, 0.3) is 0 Å². The summed E-state index contributed by atoms with van der Waals surface area (Å²) in [6, 6.07) is 14.9. The van der Waals surface area contributed by atoms with Crippen molar-refractivity contribution >= 4 is 81.6 Å². The molecule has 0 aliphatic carbocycles. The van der Waals surface area contributed by atoms with Crippen LogP contribution in [-0.4, -0.2) is 40.1 Å². The van der Waals surface area contributed by atoms with Crippen molar-refractivity contribution in [2.75, 3.05) is 17.6 Å². The lowest BCUT2D eigenvalue weighted by molar-refractivity contribution is -0.129. The number of benzene rings is 3. The maximum Gasteiger partial charge on any atom is 0.338 e. The van der Waals surface area contributed by atoms with Gasteiger partial charge in [-0.1, -0.05) is 76.7 Å². The van der Waals surface area contributed by atoms with Crippen LogP contribution >= 0.6 is 58.2 Å². The fourth-order valence-electron chi connectivity index (χ4n) is 3.85. The molecule has 0 radical (unpaired) electrons. The molecule has 0 saturated heterocycles. The summed E-state index contributed by atoms with van der Waals surface area (Å²) in [6.45, 7) is 1.26. The van der Waals surface area contributed by atoms with Crippen molar-refractivity contribution < 1.29 is 19.5 Å². The zero-order chi connectivity index (χ0) is 26.0. The van der Waals surface area contributed by atoms with Gasteiger partial charge in [0.2, 0.25) is 5.91 Å². The van der Waals surface area contributed by atoms with Crippen LogP contribution in [-0.2, 0) is 17.8 Å². The first-order valence-corrected chi connectivity index (χ1v) is 13.1. The number of hydrogen-bond acceptors (Lipinski definition) is 4. The normalized spacial score (nSPS) is 12.7. The van der Waals surface area contributed by atoms with Crippen molar-refractivity contribution in [1.29, 1.82) is 0 Å². The zero-order valence-corrected chi connectivity index (χ0v) is 22.3. The molecule has 0 saturated carbocycles. The standard InChI is InChI=1S/C25H18Cl4N2O4S/c26-20-18(19(25(34)35)21(27)23(29)22(20)28)24(33)30-15-6-3-7-16(10-15)36-12-17(32)31-9-8-13-4-1-2-5-14(13)11-31/h1-7,10H,8-9,11-12H2,(H,30,33)(H,34,35). The van der Waals surface area contributed by atoms with Crippen LogP contribution in [0.1, 0.15) is 31.8 Å². The molecule has 0 bridgehead atoms. The molecule has 2 N–H and O–H groups in total. The van der Waals surface area contributed by atoms with Crippen molar-refractivity contribution in [3.05, 3.63) is 90.9 Å². The lowest BCUT2D eigenvalue weighted by Crippen LogP contribution is -2.37. The van der Waals surface area contributed by atoms with Crippen LogP contribution < -0.4 is 5.32 Å². The molecular weight excluding hydrogens is 566 g/mol. The van der Waals surface area contributed by atoms with E-state index in [1.165, 1.54) is 17.3 Å². The molecule has 0 spiro atoms. The first kappa shape index (κ1) is 26.6. The van der Waals surface area contributed by atoms with Gasteiger partial charge in [0.1, 0.15) is 0 Å². The molecule has 11 heteroatoms. The highest BCUT2D eigenvalue weighted by atomic mass is 35.5. The molecular formula is C25H18Cl4N2O4S. The van der Waals surface area contributed by atoms with Gasteiger partial charge in [0.05, 0.1) is 37.0 Å². The molecule has 0 aromatic heterocycles. The smallest absolute Gasteiger partial charge is 0.338 e. The number of thioether (sulfide) groups is 1. The monoisotopic (exact) mass is 582 g/mol. The Morgan fingerprint density at radius 3 is 2.25 bits per heavy atom. The Labute approximate surface area is 231 Å². The fraction of sp³-hybridized carbons (Fsp3) is 0.160. The number of hydrogen-bond donors (Lipinski definition) is 2. The number of rotatable bonds is 6. The summed E-state index contributed by atoms with van der Waals surface area (Å²) in [5, 5.41) is 11.0. The maximum atomic E-state index is 13.0. The average Bonchev–Trinajstić information content (AvgIpc) is 2.87. The minimum absolute atomic E-state index is 0.0206. The Morgan fingerprint density at radius 1 is 0.889 bits per heavy atom. The Balaban J connectivity index is 1.46. The second kappa shape index (κ2) is 11.3. The predicted octanol–water partition coefficient (Wildman–Crippen LogP) is 6.93. The topological polar surface area (TPSA) is 86.7 Å². The summed E-state index contributed by atoms with van der Waals surface area (Å²) >= 11 is 25.5. The number of carboxylic acid groups (broad SMARTS) is 1. The van der Waals surface area contributed by atoms with E-state index >= 15 is 0 Å². The molecule has 4 rings (SSSR count). The highest BCUT2D eigenvalue weighted by Crippen LogP contribution is 2.42. The molecule has 0 fully saturated rings. The number of nitrogens with zero attached hydrogens (tertiary/aromatic N) is 1. The second-order valence-corrected chi connectivity index (χ2v) is 10.5. The third kappa shape index (κ3) is 5.61. The van der Waals surface area contributed by atoms with E-state index in [0.29, 0.717) is 18.8 Å². The van der Waals surface area contributed by atoms with Crippen molar-refractivity contribution in [1.82, 2.24) is 4.90 Å². The highest BCUT2D eigenvalue weighted by Gasteiger charge is 2.29. The maximum absolute atomic E-state index is 13.0. The molecule has 1 heterocycles. The van der Waals surface area contributed by atoms with Crippen molar-refractivity contribution in [2.24, 2.45) is 0 Å². The fourth-order valence-corrected chi connectivity index (χ4v) is 5.73. The number of nitrogens with one attached hydrogen (secondary N) is 1. The lowest BCUT2D eigenvalue weighted by atomic mass is 10.00. The first-order valence-electron chi connectivity index (χ1n) is 10.7. The molecule has 3 aromatic carbocycles. The van der Waals surface area contributed by atoms with E-state index in [2.05, 4.69) is 11.4 Å². The highest BCUT2D eigenvalue weighted by molar-refractivity contribution is 8.00. The number of carbonyl (C=O) groups is 3. The molecule has 1 aliphatic heterocycles. The van der Waals surface area contributed by atoms with Gasteiger partial charge in [0.25, 0.3) is 5.91 Å². The summed E-state index contributed by atoms with van der Waals surface area (Å²) in [4.78, 5) is 40.1. The van der Waals surface area contributed by atoms with Crippen LogP contribution in [0.15, 0.2) is 53.4 Å². The van der Waals surface area contributed by atoms with Crippen molar-refractivity contribution in [2.45, 2.75) is 17.9 Å². The zero-order valence-electron chi connectivity index (χ0n) is 18.5. The largest absolute Gasteiger partial charge is 0.478 e. The molecule has 0 atom stereocenters. The second-order valence-electron chi connectivity index (χ2n) is 7.92. The van der Waals surface area contributed by atoms with Crippen LogP contribution in [0.4, 0.5) is 5.69 Å². The van der Waals surface area contributed by atoms with E-state index < -0.39 is 23.0 Å². The molecule has 6 nitrogen and oxygen atoms in total. The Kier molecular flexibility index (Phi) is 8.37. The van der Waals surface area contributed by atoms with Crippen LogP contribution in [0, 0.1) is 0 Å². The van der Waals surface area contributed by atoms with E-state index in [1.54, 1.807) is 18.2 Å². The van der Waals surface area contributed by atoms with E-state index in [0.717, 1.165) is 16.9 Å². The number of anilines is 1. The number of amides is 2. The van der Waals surface area contributed by atoms with Gasteiger partial charge in [-0.15, -0.1) is 11.8 Å². The molecule has 0 unspecified atom stereocenters. The van der Waals surface area contributed by atoms with Crippen molar-refractivity contribution in [3.63, 3.8) is 0 Å². The third-order valence-electron chi connectivity index (χ3n) is 5.65. The van der Waals surface area contributed by atoms with Gasteiger partial charge in [-0.3, -0.25) is 9.59 Å². The number of fused-ring (bicyclic) bond motifs is 1. The molecule has 186 valence electrons. The predicted molar refractivity (Wildman–Crippen MR) is 144 cm³/mol. The molecule has 36 heavy (non-hydrogen) atoms. The Bertz CT molecular complexity index is 1380. The number of aromatic carboxylic acids is 1. The number of carboxylic acids is 1. The number of halogens is 4. The van der Waals surface area contributed by atoms with E-state index in [9.17, 15) is 19.5 Å². The van der Waals surface area contributed by atoms with Crippen LogP contribution in [0.2, 0.25) is 20.1 Å². The molecule has 1 aliphatic rings. The van der Waals surface area contributed by atoms with E-state index in [-0.39, 0.29) is 31.8 Å². The minimum atomic E-state index is -1.48. The van der Waals surface area contributed by atoms with Gasteiger partial charge >= 0.3 is 5.97 Å². The SMILES string of the molecule is O=C(O)c1c(Cl)c(Cl)c(Cl)c(Cl)c1C(=O)Nc1cccc(SCC(=O)N2CCc3ccccc3C2)c1. The Morgan fingerprint density at radius 2 is 1.56 bits per heavy atom. The number of carbonyl (C=O) groups excluding carboxylic acids is 2. The van der Waals surface area contributed by atoms with Gasteiger partial charge < -0.3 is 15.3 Å². The summed E-state index contributed by atoms with van der Waals surface area (Å²) in [5.74, 6) is -2.04. The van der Waals surface area contributed by atoms with Crippen LogP contribution in [0.3, 0.4) is 0 Å². The van der Waals surface area contributed by atoms with Gasteiger partial charge in [-0.05, 0) is 35.7 Å². The minimum Gasteiger partial charge on any atom is -0.478 e. The van der Waals surface area contributed by atoms with Gasteiger partial charge in [0.15, 0.2) is 0 Å². The molecule has 3 aromatic rings. The average molecular weight is 584 g/mol. The van der Waals surface area contributed by atoms with Gasteiger partial charge in [-0.2, -0.15) is 0 Å². The lowest BCUT2D eigenvalue weighted by Gasteiger charge is -2.28. The summed E-state index contributed by atoms with van der Waals surface area (Å²) < 4.78 is 0. The summed E-state index contributed by atoms with van der Waals surface area (Å²) in [7, 11) is 0. The van der Waals surface area contributed by atoms with Gasteiger partial charge in [0, 0.05) is 23.7 Å². The Hall–Kier alpha value is -2.42. The van der Waals surface area contributed by atoms with E-state index in [1.807, 2.05) is 29.2 Å². The van der Waals surface area contributed by atoms with Crippen LogP contribution in [0.5, 0.6) is 0 Å². The van der Waals surface area contributed by atoms with Crippen molar-refractivity contribution in [3.8, 4) is 0 Å². The van der Waals surface area contributed by atoms with E-state index in [4.69, 9.17) is 46.4 Å². The summed E-state index contributed by atoms with van der Waals surface area (Å²) in [6.07, 6.45) is 0.827.